The number of benzene rings is 4. The minimum atomic E-state index is -0.318. The van der Waals surface area contributed by atoms with Crippen LogP contribution in [0.3, 0.4) is 0 Å². The van der Waals surface area contributed by atoms with Crippen LogP contribution >= 0.6 is 0 Å². The largest absolute Gasteiger partial charge is 1.00 e. The molecular weight excluding hydrogens is 544 g/mol. The molecule has 0 atom stereocenters. The second-order valence-electron chi connectivity index (χ2n) is 11.4. The molecule has 4 heteroatoms. The summed E-state index contributed by atoms with van der Waals surface area (Å²) in [7, 11) is 4.11. The summed E-state index contributed by atoms with van der Waals surface area (Å²) in [5.74, 6) is 0.195. The van der Waals surface area contributed by atoms with Gasteiger partial charge in [0.15, 0.2) is 5.78 Å². The zero-order valence-electron chi connectivity index (χ0n) is 23.1. The van der Waals surface area contributed by atoms with Crippen LogP contribution in [0.4, 0.5) is 5.69 Å². The van der Waals surface area contributed by atoms with Gasteiger partial charge in [-0.15, -0.1) is 0 Å². The fourth-order valence-electron chi connectivity index (χ4n) is 5.67. The zero-order chi connectivity index (χ0) is 26.6. The van der Waals surface area contributed by atoms with Gasteiger partial charge in [0.05, 0.1) is 5.56 Å². The van der Waals surface area contributed by atoms with Crippen molar-refractivity contribution in [3.63, 3.8) is 0 Å². The third-order valence-electron chi connectivity index (χ3n) is 7.81. The summed E-state index contributed by atoms with van der Waals surface area (Å²) in [4.78, 5) is 15.8. The lowest BCUT2D eigenvalue weighted by atomic mass is 9.70. The molecule has 0 radical (unpaired) electrons. The number of fused-ring (bicyclic) bond motifs is 3. The molecule has 0 aliphatic heterocycles. The molecule has 1 aromatic heterocycles. The summed E-state index contributed by atoms with van der Waals surface area (Å²) in [6.45, 7) is 6.49. The molecule has 1 aliphatic carbocycles. The minimum absolute atomic E-state index is 0. The van der Waals surface area contributed by atoms with Crippen LogP contribution in [0.15, 0.2) is 91.0 Å². The topological polar surface area (TPSA) is 24.2 Å². The highest BCUT2D eigenvalue weighted by Crippen LogP contribution is 2.45. The van der Waals surface area contributed by atoms with Gasteiger partial charge in [0, 0.05) is 60.8 Å². The summed E-state index contributed by atoms with van der Waals surface area (Å²) < 4.78 is 2.31. The van der Waals surface area contributed by atoms with Crippen LogP contribution in [0.2, 0.25) is 0 Å². The van der Waals surface area contributed by atoms with Crippen LogP contribution < -0.4 is 26.4 Å². The fraction of sp³-hybridized carbons (Fsp3) is 0.200. The van der Waals surface area contributed by atoms with E-state index in [1.807, 2.05) is 0 Å². The smallest absolute Gasteiger partial charge is 0.226 e. The van der Waals surface area contributed by atoms with Crippen molar-refractivity contribution in [3.05, 3.63) is 113 Å². The lowest BCUT2D eigenvalue weighted by molar-refractivity contribution is -0.570. The second kappa shape index (κ2) is 10.1. The molecule has 3 nitrogen and oxygen atoms in total. The van der Waals surface area contributed by atoms with Crippen molar-refractivity contribution < 1.29 is 26.3 Å². The lowest BCUT2D eigenvalue weighted by Gasteiger charge is -2.32. The Bertz CT molecular complexity index is 1750. The molecule has 1 heterocycles. The van der Waals surface area contributed by atoms with Gasteiger partial charge >= 0.3 is 0 Å². The maximum absolute atomic E-state index is 13.7. The van der Waals surface area contributed by atoms with E-state index in [4.69, 9.17) is 0 Å². The van der Waals surface area contributed by atoms with E-state index in [0.717, 1.165) is 33.4 Å². The first-order chi connectivity index (χ1) is 18.2. The van der Waals surface area contributed by atoms with Crippen molar-refractivity contribution in [2.24, 2.45) is 5.41 Å². The standard InChI is InChI=1S/C35H33N2O.BrH/c1-23-10-14-29(15-11-23)37-32-21-26-9-7-6-8-25(26)19-27(32)20-30-33(38)22-35(2,3)31(34(30)37)18-24-12-16-28(17-13-24)36(4)5;/h6-21H,22H2,1-5H3;1H/q+1;/p-1. The maximum Gasteiger partial charge on any atom is 0.226 e. The molecule has 1 aliphatic rings. The number of pyridine rings is 1. The Morgan fingerprint density at radius 1 is 0.821 bits per heavy atom. The molecule has 0 saturated carbocycles. The van der Waals surface area contributed by atoms with Crippen LogP contribution in [0.5, 0.6) is 0 Å². The van der Waals surface area contributed by atoms with E-state index in [9.17, 15) is 4.79 Å². The number of ketones is 1. The molecule has 0 bridgehead atoms. The maximum atomic E-state index is 13.7. The lowest BCUT2D eigenvalue weighted by Crippen LogP contribution is -3.00. The Hall–Kier alpha value is -3.76. The normalized spacial score (nSPS) is 15.3. The van der Waals surface area contributed by atoms with Crippen LogP contribution in [-0.2, 0) is 0 Å². The number of carbonyl (C=O) groups excluding carboxylic acids is 1. The van der Waals surface area contributed by atoms with Crippen molar-refractivity contribution in [3.8, 4) is 5.69 Å². The highest BCUT2D eigenvalue weighted by molar-refractivity contribution is 6.09. The van der Waals surface area contributed by atoms with Gasteiger partial charge in [0.1, 0.15) is 0 Å². The molecule has 0 amide bonds. The Labute approximate surface area is 241 Å². The van der Waals surface area contributed by atoms with E-state index < -0.39 is 0 Å². The molecule has 0 unspecified atom stereocenters. The van der Waals surface area contributed by atoms with Crippen molar-refractivity contribution in [1.82, 2.24) is 0 Å². The quantitative estimate of drug-likeness (QED) is 0.227. The summed E-state index contributed by atoms with van der Waals surface area (Å²) in [5, 5.41) is 3.44. The van der Waals surface area contributed by atoms with E-state index >= 15 is 0 Å². The molecule has 4 aromatic carbocycles. The van der Waals surface area contributed by atoms with E-state index in [2.05, 4.69) is 141 Å². The van der Waals surface area contributed by atoms with Gasteiger partial charge in [-0.2, -0.15) is 4.57 Å². The number of carbonyl (C=O) groups is 1. The van der Waals surface area contributed by atoms with E-state index in [1.54, 1.807) is 0 Å². The highest BCUT2D eigenvalue weighted by Gasteiger charge is 2.42. The average Bonchev–Trinajstić information content (AvgIpc) is 2.89. The first-order valence-electron chi connectivity index (χ1n) is 13.2. The Morgan fingerprint density at radius 3 is 2.10 bits per heavy atom. The SMILES string of the molecule is Cc1ccc(-[n+]2c3c(cc4cc5ccccc5cc42)C(=O)CC(C)(C)/C3=C/c2ccc(N(C)C)cc2)cc1.[Br-]. The number of allylic oxidation sites excluding steroid dienone is 1. The van der Waals surface area contributed by atoms with Crippen molar-refractivity contribution >= 4 is 44.8 Å². The first-order valence-corrected chi connectivity index (χ1v) is 13.2. The number of aromatic nitrogens is 1. The fourth-order valence-corrected chi connectivity index (χ4v) is 5.67. The average molecular weight is 578 g/mol. The van der Waals surface area contributed by atoms with Crippen molar-refractivity contribution in [2.45, 2.75) is 27.2 Å². The molecule has 39 heavy (non-hydrogen) atoms. The molecule has 0 fully saturated rings. The number of Topliss-reactive ketones (excluding diaryl/α,β-unsaturated/α-hetero) is 1. The number of hydrogen-bond acceptors (Lipinski definition) is 2. The number of nitrogens with zero attached hydrogens (tertiary/aromatic N) is 2. The predicted molar refractivity (Wildman–Crippen MR) is 159 cm³/mol. The summed E-state index contributed by atoms with van der Waals surface area (Å²) in [6, 6.07) is 32.3. The third-order valence-corrected chi connectivity index (χ3v) is 7.81. The second-order valence-corrected chi connectivity index (χ2v) is 11.4. The third kappa shape index (κ3) is 4.79. The number of hydrogen-bond donors (Lipinski definition) is 0. The molecule has 6 rings (SSSR count). The van der Waals surface area contributed by atoms with Gasteiger partial charge in [-0.25, -0.2) is 0 Å². The molecule has 5 aromatic rings. The number of rotatable bonds is 3. The highest BCUT2D eigenvalue weighted by atomic mass is 79.9. The van der Waals surface area contributed by atoms with Crippen LogP contribution in [-0.4, -0.2) is 19.9 Å². The predicted octanol–water partition coefficient (Wildman–Crippen LogP) is 4.80. The summed E-state index contributed by atoms with van der Waals surface area (Å²) >= 11 is 0. The number of halogens is 1. The van der Waals surface area contributed by atoms with Gasteiger partial charge < -0.3 is 21.9 Å². The van der Waals surface area contributed by atoms with Gasteiger partial charge in [-0.1, -0.05) is 67.9 Å². The van der Waals surface area contributed by atoms with E-state index in [0.29, 0.717) is 6.42 Å². The van der Waals surface area contributed by atoms with E-state index in [-0.39, 0.29) is 28.2 Å². The monoisotopic (exact) mass is 576 g/mol. The number of aryl methyl sites for hydroxylation is 1. The molecule has 0 spiro atoms. The van der Waals surface area contributed by atoms with Crippen LogP contribution in [0.1, 0.15) is 47.4 Å². The summed E-state index contributed by atoms with van der Waals surface area (Å²) in [5.41, 5.74) is 8.33. The molecule has 0 N–H and O–H groups in total. The molecule has 196 valence electrons. The van der Waals surface area contributed by atoms with Gasteiger partial charge in [-0.05, 0) is 53.6 Å². The molecule has 0 saturated heterocycles. The number of anilines is 1. The van der Waals surface area contributed by atoms with Gasteiger partial charge in [0.25, 0.3) is 0 Å². The van der Waals surface area contributed by atoms with Crippen molar-refractivity contribution in [1.29, 1.82) is 0 Å². The zero-order valence-corrected chi connectivity index (χ0v) is 24.7. The van der Waals surface area contributed by atoms with Gasteiger partial charge in [0.2, 0.25) is 16.9 Å². The summed E-state index contributed by atoms with van der Waals surface area (Å²) in [6.07, 6.45) is 2.76. The van der Waals surface area contributed by atoms with E-state index in [1.165, 1.54) is 27.6 Å². The van der Waals surface area contributed by atoms with Crippen LogP contribution in [0.25, 0.3) is 39.0 Å². The van der Waals surface area contributed by atoms with Crippen molar-refractivity contribution in [2.75, 3.05) is 19.0 Å². The van der Waals surface area contributed by atoms with Gasteiger partial charge in [-0.3, -0.25) is 4.79 Å². The molecular formula is C35H33BrN2O. The Balaban J connectivity index is 0.00000308. The van der Waals surface area contributed by atoms with Crippen LogP contribution in [0, 0.1) is 12.3 Å². The minimum Gasteiger partial charge on any atom is -1.00 e. The Kier molecular flexibility index (Phi) is 6.94. The first kappa shape index (κ1) is 26.8. The Morgan fingerprint density at radius 2 is 1.46 bits per heavy atom.